The highest BCUT2D eigenvalue weighted by Crippen LogP contribution is 2.53. The molecular weight excluding hydrogens is 273 g/mol. The molecule has 2 atom stereocenters. The Morgan fingerprint density at radius 1 is 1.30 bits per heavy atom. The maximum Gasteiger partial charge on any atom is 0.251 e. The van der Waals surface area contributed by atoms with Crippen molar-refractivity contribution in [2.24, 2.45) is 5.41 Å². The molecule has 1 N–H and O–H groups in total. The van der Waals surface area contributed by atoms with Crippen LogP contribution in [0, 0.1) is 5.41 Å². The molecule has 0 heterocycles. The maximum atomic E-state index is 12.7. The molecule has 1 aromatic carbocycles. The van der Waals surface area contributed by atoms with Crippen LogP contribution in [-0.2, 0) is 9.09 Å². The summed E-state index contributed by atoms with van der Waals surface area (Å²) in [7, 11) is -2.93. The van der Waals surface area contributed by atoms with Gasteiger partial charge in [0.2, 0.25) is 7.37 Å². The van der Waals surface area contributed by atoms with Crippen LogP contribution in [0.25, 0.3) is 0 Å². The van der Waals surface area contributed by atoms with Crippen molar-refractivity contribution in [3.8, 4) is 0 Å². The van der Waals surface area contributed by atoms with Crippen LogP contribution in [-0.4, -0.2) is 25.0 Å². The van der Waals surface area contributed by atoms with E-state index in [-0.39, 0.29) is 11.3 Å². The summed E-state index contributed by atoms with van der Waals surface area (Å²) in [5, 5.41) is 2.87. The molecule has 0 aliphatic carbocycles. The lowest BCUT2D eigenvalue weighted by Gasteiger charge is -2.35. The predicted molar refractivity (Wildman–Crippen MR) is 82.3 cm³/mol. The van der Waals surface area contributed by atoms with Gasteiger partial charge in [-0.1, -0.05) is 39.0 Å². The number of rotatable bonds is 5. The molecule has 1 amide bonds. The molecule has 1 aromatic rings. The van der Waals surface area contributed by atoms with Gasteiger partial charge in [0.1, 0.15) is 5.78 Å². The number of amides is 1. The zero-order chi connectivity index (χ0) is 15.4. The summed E-state index contributed by atoms with van der Waals surface area (Å²) in [6.45, 7) is 9.57. The summed E-state index contributed by atoms with van der Waals surface area (Å²) in [5.41, 5.74) is 0.197. The average molecular weight is 297 g/mol. The molecule has 112 valence electrons. The van der Waals surface area contributed by atoms with Gasteiger partial charge in [-0.15, -0.1) is 0 Å². The largest absolute Gasteiger partial charge is 0.340 e. The van der Waals surface area contributed by atoms with Crippen LogP contribution >= 0.6 is 7.37 Å². The van der Waals surface area contributed by atoms with Gasteiger partial charge in [-0.25, -0.2) is 0 Å². The molecule has 0 fully saturated rings. The number of nitrogens with one attached hydrogen (secondary N) is 1. The topological polar surface area (TPSA) is 55.4 Å². The lowest BCUT2D eigenvalue weighted by Crippen LogP contribution is -2.43. The number of hydrogen-bond donors (Lipinski definition) is 1. The van der Waals surface area contributed by atoms with Gasteiger partial charge >= 0.3 is 0 Å². The Kier molecular flexibility index (Phi) is 5.55. The second-order valence-electron chi connectivity index (χ2n) is 5.93. The molecule has 2 unspecified atom stereocenters. The Labute approximate surface area is 121 Å². The van der Waals surface area contributed by atoms with Crippen LogP contribution in [0.15, 0.2) is 30.3 Å². The summed E-state index contributed by atoms with van der Waals surface area (Å²) in [4.78, 5) is 12.3. The third-order valence-corrected chi connectivity index (χ3v) is 5.59. The third-order valence-electron chi connectivity index (χ3n) is 2.98. The Morgan fingerprint density at radius 3 is 2.30 bits per heavy atom. The van der Waals surface area contributed by atoms with Gasteiger partial charge in [-0.3, -0.25) is 9.36 Å². The SMILES string of the molecule is CCOP(C)(=O)C(NC(=O)c1ccccc1)C(C)(C)C. The molecule has 4 nitrogen and oxygen atoms in total. The second-order valence-corrected chi connectivity index (χ2v) is 8.53. The van der Waals surface area contributed by atoms with E-state index in [1.165, 1.54) is 0 Å². The number of carbonyl (C=O) groups excluding carboxylic acids is 1. The predicted octanol–water partition coefficient (Wildman–Crippen LogP) is 3.73. The average Bonchev–Trinajstić information content (AvgIpc) is 2.35. The quantitative estimate of drug-likeness (QED) is 0.842. The number of benzene rings is 1. The van der Waals surface area contributed by atoms with E-state index >= 15 is 0 Å². The zero-order valence-electron chi connectivity index (χ0n) is 12.8. The van der Waals surface area contributed by atoms with Crippen molar-refractivity contribution in [2.45, 2.75) is 33.5 Å². The van der Waals surface area contributed by atoms with Crippen molar-refractivity contribution >= 4 is 13.3 Å². The minimum atomic E-state index is -2.93. The minimum Gasteiger partial charge on any atom is -0.340 e. The fourth-order valence-corrected chi connectivity index (χ4v) is 4.59. The Balaban J connectivity index is 2.98. The van der Waals surface area contributed by atoms with Gasteiger partial charge in [-0.2, -0.15) is 0 Å². The van der Waals surface area contributed by atoms with Crippen LogP contribution in [0.1, 0.15) is 38.1 Å². The molecule has 5 heteroatoms. The van der Waals surface area contributed by atoms with Crippen molar-refractivity contribution < 1.29 is 13.9 Å². The highest BCUT2D eigenvalue weighted by molar-refractivity contribution is 7.59. The molecule has 0 saturated heterocycles. The van der Waals surface area contributed by atoms with Crippen molar-refractivity contribution in [1.82, 2.24) is 5.32 Å². The van der Waals surface area contributed by atoms with Gasteiger partial charge in [-0.05, 0) is 24.5 Å². The van der Waals surface area contributed by atoms with Crippen molar-refractivity contribution in [3.63, 3.8) is 0 Å². The first-order valence-corrected chi connectivity index (χ1v) is 8.90. The van der Waals surface area contributed by atoms with E-state index in [4.69, 9.17) is 4.52 Å². The van der Waals surface area contributed by atoms with E-state index in [0.717, 1.165) is 0 Å². The van der Waals surface area contributed by atoms with Crippen LogP contribution in [0.5, 0.6) is 0 Å². The van der Waals surface area contributed by atoms with Crippen LogP contribution in [0.4, 0.5) is 0 Å². The van der Waals surface area contributed by atoms with Crippen LogP contribution in [0.3, 0.4) is 0 Å². The Hall–Kier alpha value is -1.12. The summed E-state index contributed by atoms with van der Waals surface area (Å²) < 4.78 is 18.1. The lowest BCUT2D eigenvalue weighted by molar-refractivity contribution is 0.0922. The highest BCUT2D eigenvalue weighted by atomic mass is 31.2. The molecule has 0 aromatic heterocycles. The second kappa shape index (κ2) is 6.55. The first-order chi connectivity index (χ1) is 9.18. The Morgan fingerprint density at radius 2 is 1.85 bits per heavy atom. The van der Waals surface area contributed by atoms with Crippen molar-refractivity contribution in [1.29, 1.82) is 0 Å². The van der Waals surface area contributed by atoms with E-state index in [1.54, 1.807) is 37.9 Å². The first-order valence-electron chi connectivity index (χ1n) is 6.76. The molecule has 0 aliphatic heterocycles. The van der Waals surface area contributed by atoms with Gasteiger partial charge < -0.3 is 9.84 Å². The summed E-state index contributed by atoms with van der Waals surface area (Å²) in [6.07, 6.45) is 0. The molecule has 0 radical (unpaired) electrons. The lowest BCUT2D eigenvalue weighted by atomic mass is 9.96. The fraction of sp³-hybridized carbons (Fsp3) is 0.533. The summed E-state index contributed by atoms with van der Waals surface area (Å²) >= 11 is 0. The van der Waals surface area contributed by atoms with E-state index in [1.807, 2.05) is 26.8 Å². The van der Waals surface area contributed by atoms with E-state index in [2.05, 4.69) is 5.32 Å². The monoisotopic (exact) mass is 297 g/mol. The van der Waals surface area contributed by atoms with E-state index < -0.39 is 13.2 Å². The molecule has 0 aliphatic rings. The number of hydrogen-bond acceptors (Lipinski definition) is 3. The highest BCUT2D eigenvalue weighted by Gasteiger charge is 2.39. The fourth-order valence-electron chi connectivity index (χ4n) is 2.17. The van der Waals surface area contributed by atoms with Gasteiger partial charge in [0.15, 0.2) is 0 Å². The van der Waals surface area contributed by atoms with Gasteiger partial charge in [0.25, 0.3) is 5.91 Å². The van der Waals surface area contributed by atoms with E-state index in [9.17, 15) is 9.36 Å². The van der Waals surface area contributed by atoms with Gasteiger partial charge in [0.05, 0.1) is 6.61 Å². The maximum absolute atomic E-state index is 12.7. The van der Waals surface area contributed by atoms with E-state index in [0.29, 0.717) is 12.2 Å². The molecule has 0 bridgehead atoms. The Bertz CT molecular complexity index is 494. The van der Waals surface area contributed by atoms with Crippen LogP contribution in [0.2, 0.25) is 0 Å². The molecule has 0 spiro atoms. The van der Waals surface area contributed by atoms with Gasteiger partial charge in [0, 0.05) is 12.2 Å². The number of carbonyl (C=O) groups is 1. The molecule has 1 rings (SSSR count). The normalized spacial score (nSPS) is 16.2. The standard InChI is InChI=1S/C15H24NO3P/c1-6-19-20(5,18)14(15(2,3)4)16-13(17)12-10-8-7-9-11-12/h7-11,14H,6H2,1-5H3,(H,16,17). The minimum absolute atomic E-state index is 0.229. The summed E-state index contributed by atoms with van der Waals surface area (Å²) in [6, 6.07) is 8.92. The molecule has 0 saturated carbocycles. The smallest absolute Gasteiger partial charge is 0.251 e. The molecular formula is C15H24NO3P. The third kappa shape index (κ3) is 4.46. The van der Waals surface area contributed by atoms with Crippen molar-refractivity contribution in [2.75, 3.05) is 13.3 Å². The molecule has 20 heavy (non-hydrogen) atoms. The summed E-state index contributed by atoms with van der Waals surface area (Å²) in [5.74, 6) is -0.755. The first kappa shape index (κ1) is 16.9. The zero-order valence-corrected chi connectivity index (χ0v) is 13.7. The van der Waals surface area contributed by atoms with Crippen molar-refractivity contribution in [3.05, 3.63) is 35.9 Å². The van der Waals surface area contributed by atoms with Crippen LogP contribution < -0.4 is 5.32 Å².